The topological polar surface area (TPSA) is 64.9 Å². The smallest absolute Gasteiger partial charge is 0.259 e. The van der Waals surface area contributed by atoms with E-state index in [0.29, 0.717) is 22.7 Å². The molecule has 6 nitrogen and oxygen atoms in total. The first kappa shape index (κ1) is 18.1. The van der Waals surface area contributed by atoms with Gasteiger partial charge in [-0.25, -0.2) is 4.98 Å². The summed E-state index contributed by atoms with van der Waals surface area (Å²) in [7, 11) is 3.10. The number of aryl methyl sites for hydroxylation is 1. The maximum absolute atomic E-state index is 12.7. The third-order valence-corrected chi connectivity index (χ3v) is 5.42. The molecule has 1 N–H and O–H groups in total. The Kier molecular flexibility index (Phi) is 4.75. The van der Waals surface area contributed by atoms with Crippen LogP contribution in [-0.4, -0.2) is 29.5 Å². The zero-order chi connectivity index (χ0) is 19.7. The number of fused-ring (bicyclic) bond motifs is 1. The van der Waals surface area contributed by atoms with Gasteiger partial charge in [0, 0.05) is 34.6 Å². The van der Waals surface area contributed by atoms with Gasteiger partial charge in [0.25, 0.3) is 5.91 Å². The van der Waals surface area contributed by atoms with Crippen LogP contribution in [0.2, 0.25) is 0 Å². The fourth-order valence-corrected chi connectivity index (χ4v) is 3.82. The average molecular weight is 393 g/mol. The first-order valence-corrected chi connectivity index (χ1v) is 9.54. The van der Waals surface area contributed by atoms with Crippen molar-refractivity contribution >= 4 is 27.9 Å². The van der Waals surface area contributed by atoms with Crippen molar-refractivity contribution in [1.82, 2.24) is 9.38 Å². The molecule has 0 radical (unpaired) electrons. The molecule has 0 fully saturated rings. The fraction of sp³-hybridized carbons (Fsp3) is 0.143. The molecule has 0 aliphatic carbocycles. The van der Waals surface area contributed by atoms with E-state index in [4.69, 9.17) is 9.47 Å². The van der Waals surface area contributed by atoms with Crippen molar-refractivity contribution in [3.8, 4) is 22.8 Å². The molecule has 2 aromatic carbocycles. The van der Waals surface area contributed by atoms with Crippen molar-refractivity contribution in [3.05, 3.63) is 65.3 Å². The fourth-order valence-electron chi connectivity index (χ4n) is 2.97. The summed E-state index contributed by atoms with van der Waals surface area (Å²) in [6.45, 7) is 2.05. The Labute approximate surface area is 166 Å². The van der Waals surface area contributed by atoms with Gasteiger partial charge in [0.15, 0.2) is 4.96 Å². The second-order valence-corrected chi connectivity index (χ2v) is 7.09. The number of carbonyl (C=O) groups excluding carboxylic acids is 1. The van der Waals surface area contributed by atoms with Gasteiger partial charge in [-0.15, -0.1) is 11.3 Å². The van der Waals surface area contributed by atoms with Crippen molar-refractivity contribution in [2.75, 3.05) is 19.5 Å². The molecule has 142 valence electrons. The number of carbonyl (C=O) groups is 1. The zero-order valence-electron chi connectivity index (χ0n) is 15.7. The van der Waals surface area contributed by atoms with Crippen LogP contribution >= 0.6 is 11.3 Å². The maximum atomic E-state index is 12.7. The van der Waals surface area contributed by atoms with Gasteiger partial charge >= 0.3 is 0 Å². The summed E-state index contributed by atoms with van der Waals surface area (Å²) in [4.78, 5) is 18.3. The summed E-state index contributed by atoms with van der Waals surface area (Å²) >= 11 is 1.61. The molecule has 1 amide bonds. The molecule has 0 saturated heterocycles. The Morgan fingerprint density at radius 1 is 1.14 bits per heavy atom. The quantitative estimate of drug-likeness (QED) is 0.536. The Hall–Kier alpha value is -3.32. The Morgan fingerprint density at radius 3 is 2.75 bits per heavy atom. The molecule has 2 aromatic heterocycles. The highest BCUT2D eigenvalue weighted by atomic mass is 32.1. The Balaban J connectivity index is 1.60. The number of thiazole rings is 1. The van der Waals surface area contributed by atoms with E-state index in [1.807, 2.05) is 37.4 Å². The van der Waals surface area contributed by atoms with E-state index in [2.05, 4.69) is 20.1 Å². The maximum Gasteiger partial charge on any atom is 0.259 e. The van der Waals surface area contributed by atoms with Gasteiger partial charge in [-0.1, -0.05) is 12.1 Å². The third kappa shape index (κ3) is 3.32. The van der Waals surface area contributed by atoms with Crippen molar-refractivity contribution in [2.45, 2.75) is 6.92 Å². The van der Waals surface area contributed by atoms with Crippen molar-refractivity contribution in [3.63, 3.8) is 0 Å². The summed E-state index contributed by atoms with van der Waals surface area (Å²) in [6.07, 6.45) is 2.01. The van der Waals surface area contributed by atoms with Gasteiger partial charge in [-0.2, -0.15) is 0 Å². The number of imidazole rings is 1. The van der Waals surface area contributed by atoms with Crippen molar-refractivity contribution in [1.29, 1.82) is 0 Å². The minimum atomic E-state index is -0.252. The lowest BCUT2D eigenvalue weighted by molar-refractivity contribution is 0.102. The van der Waals surface area contributed by atoms with Crippen molar-refractivity contribution in [2.24, 2.45) is 0 Å². The lowest BCUT2D eigenvalue weighted by Crippen LogP contribution is -2.13. The largest absolute Gasteiger partial charge is 0.497 e. The number of anilines is 1. The molecule has 0 saturated carbocycles. The number of hydrogen-bond acceptors (Lipinski definition) is 5. The van der Waals surface area contributed by atoms with E-state index in [9.17, 15) is 4.79 Å². The number of rotatable bonds is 5. The summed E-state index contributed by atoms with van der Waals surface area (Å²) in [5, 5.41) is 5.00. The Bertz CT molecular complexity index is 1160. The number of benzene rings is 2. The standard InChI is InChI=1S/C21H19N3O3S/c1-13-12-28-21-23-18(11-24(13)21)14-5-4-6-15(9-14)22-20(25)17-8-7-16(26-2)10-19(17)27-3/h4-12H,1-3H3,(H,22,25). The summed E-state index contributed by atoms with van der Waals surface area (Å²) in [6, 6.07) is 12.7. The number of nitrogens with zero attached hydrogens (tertiary/aromatic N) is 2. The number of nitrogens with one attached hydrogen (secondary N) is 1. The van der Waals surface area contributed by atoms with E-state index in [1.165, 1.54) is 7.11 Å². The molecule has 0 aliphatic heterocycles. The van der Waals surface area contributed by atoms with Crippen LogP contribution in [0, 0.1) is 6.92 Å². The predicted molar refractivity (Wildman–Crippen MR) is 111 cm³/mol. The van der Waals surface area contributed by atoms with Gasteiger partial charge in [-0.05, 0) is 31.2 Å². The van der Waals surface area contributed by atoms with Crippen LogP contribution in [0.3, 0.4) is 0 Å². The highest BCUT2D eigenvalue weighted by Gasteiger charge is 2.14. The summed E-state index contributed by atoms with van der Waals surface area (Å²) in [5.74, 6) is 0.835. The molecule has 7 heteroatoms. The minimum absolute atomic E-state index is 0.252. The van der Waals surface area contributed by atoms with Crippen LogP contribution in [0.4, 0.5) is 5.69 Å². The number of methoxy groups -OCH3 is 2. The van der Waals surface area contributed by atoms with Crippen LogP contribution in [0.5, 0.6) is 11.5 Å². The second-order valence-electron chi connectivity index (χ2n) is 6.26. The van der Waals surface area contributed by atoms with Gasteiger partial charge in [-0.3, -0.25) is 9.20 Å². The first-order valence-electron chi connectivity index (χ1n) is 8.66. The van der Waals surface area contributed by atoms with E-state index in [-0.39, 0.29) is 5.91 Å². The predicted octanol–water partition coefficient (Wildman–Crippen LogP) is 4.64. The number of amides is 1. The van der Waals surface area contributed by atoms with E-state index in [0.717, 1.165) is 21.9 Å². The number of aromatic nitrogens is 2. The van der Waals surface area contributed by atoms with Crippen LogP contribution in [0.1, 0.15) is 16.1 Å². The molecule has 4 aromatic rings. The van der Waals surface area contributed by atoms with Gasteiger partial charge in [0.2, 0.25) is 0 Å². The van der Waals surface area contributed by atoms with E-state index < -0.39 is 0 Å². The highest BCUT2D eigenvalue weighted by molar-refractivity contribution is 7.15. The normalized spacial score (nSPS) is 10.8. The molecular weight excluding hydrogens is 374 g/mol. The SMILES string of the molecule is COc1ccc(C(=O)Nc2cccc(-c3cn4c(C)csc4n3)c2)c(OC)c1. The lowest BCUT2D eigenvalue weighted by Gasteiger charge is -2.11. The highest BCUT2D eigenvalue weighted by Crippen LogP contribution is 2.28. The van der Waals surface area contributed by atoms with E-state index >= 15 is 0 Å². The molecule has 0 aliphatic rings. The van der Waals surface area contributed by atoms with Crippen LogP contribution in [-0.2, 0) is 0 Å². The van der Waals surface area contributed by atoms with Crippen molar-refractivity contribution < 1.29 is 14.3 Å². The monoisotopic (exact) mass is 393 g/mol. The second kappa shape index (κ2) is 7.36. The van der Waals surface area contributed by atoms with Gasteiger partial charge in [0.1, 0.15) is 11.5 Å². The molecule has 28 heavy (non-hydrogen) atoms. The Morgan fingerprint density at radius 2 is 2.00 bits per heavy atom. The third-order valence-electron chi connectivity index (χ3n) is 4.46. The number of ether oxygens (including phenoxy) is 2. The first-order chi connectivity index (χ1) is 13.6. The lowest BCUT2D eigenvalue weighted by atomic mass is 10.1. The molecule has 0 unspecified atom stereocenters. The molecule has 2 heterocycles. The molecule has 0 bridgehead atoms. The van der Waals surface area contributed by atoms with E-state index in [1.54, 1.807) is 36.6 Å². The molecule has 4 rings (SSSR count). The average Bonchev–Trinajstić information content (AvgIpc) is 3.29. The van der Waals surface area contributed by atoms with Crippen LogP contribution < -0.4 is 14.8 Å². The van der Waals surface area contributed by atoms with Crippen LogP contribution in [0.15, 0.2) is 54.0 Å². The van der Waals surface area contributed by atoms with Gasteiger partial charge in [0.05, 0.1) is 25.5 Å². The number of hydrogen-bond donors (Lipinski definition) is 1. The molecule has 0 spiro atoms. The zero-order valence-corrected chi connectivity index (χ0v) is 16.5. The molecular formula is C21H19N3O3S. The summed E-state index contributed by atoms with van der Waals surface area (Å²) < 4.78 is 12.6. The van der Waals surface area contributed by atoms with Crippen LogP contribution in [0.25, 0.3) is 16.2 Å². The molecule has 0 atom stereocenters. The summed E-state index contributed by atoms with van der Waals surface area (Å²) in [5.41, 5.74) is 4.08. The minimum Gasteiger partial charge on any atom is -0.497 e. The van der Waals surface area contributed by atoms with Gasteiger partial charge < -0.3 is 14.8 Å².